The molecule has 0 saturated heterocycles. The molecule has 0 aliphatic heterocycles. The highest BCUT2D eigenvalue weighted by Crippen LogP contribution is 2.31. The minimum Gasteiger partial charge on any atom is -0.302 e. The van der Waals surface area contributed by atoms with E-state index in [0.717, 1.165) is 10.7 Å². The standard InChI is InChI=1S/C17H24N2S/c1-10(2)18-16(17-19-14(6)9-20-17)15-12(4)7-11(3)8-13(15)5/h7-10,16,18H,1-6H3. The van der Waals surface area contributed by atoms with Crippen LogP contribution in [-0.4, -0.2) is 11.0 Å². The van der Waals surface area contributed by atoms with Crippen LogP contribution in [0, 0.1) is 27.7 Å². The van der Waals surface area contributed by atoms with Crippen LogP contribution in [0.3, 0.4) is 0 Å². The van der Waals surface area contributed by atoms with Crippen molar-refractivity contribution in [3.05, 3.63) is 50.5 Å². The van der Waals surface area contributed by atoms with Crippen molar-refractivity contribution in [3.8, 4) is 0 Å². The molecule has 2 nitrogen and oxygen atoms in total. The van der Waals surface area contributed by atoms with Crippen LogP contribution in [0.4, 0.5) is 0 Å². The van der Waals surface area contributed by atoms with Gasteiger partial charge in [-0.15, -0.1) is 11.3 Å². The summed E-state index contributed by atoms with van der Waals surface area (Å²) in [5, 5.41) is 6.96. The number of benzene rings is 1. The number of hydrogen-bond donors (Lipinski definition) is 1. The molecule has 1 unspecified atom stereocenters. The summed E-state index contributed by atoms with van der Waals surface area (Å²) in [6, 6.07) is 5.13. The first-order valence-corrected chi connectivity index (χ1v) is 8.02. The Labute approximate surface area is 126 Å². The summed E-state index contributed by atoms with van der Waals surface area (Å²) < 4.78 is 0. The SMILES string of the molecule is Cc1cc(C)c(C(NC(C)C)c2nc(C)cs2)c(C)c1. The van der Waals surface area contributed by atoms with E-state index in [-0.39, 0.29) is 6.04 Å². The van der Waals surface area contributed by atoms with Crippen LogP contribution in [0.15, 0.2) is 17.5 Å². The molecule has 1 aromatic carbocycles. The molecule has 0 saturated carbocycles. The fourth-order valence-electron chi connectivity index (χ4n) is 2.76. The second-order valence-corrected chi connectivity index (χ2v) is 6.78. The molecule has 0 spiro atoms. The van der Waals surface area contributed by atoms with Gasteiger partial charge in [0.2, 0.25) is 0 Å². The van der Waals surface area contributed by atoms with Crippen molar-refractivity contribution in [1.82, 2.24) is 10.3 Å². The zero-order chi connectivity index (χ0) is 14.9. The number of aryl methyl sites for hydroxylation is 4. The topological polar surface area (TPSA) is 24.9 Å². The number of nitrogens with zero attached hydrogens (tertiary/aromatic N) is 1. The van der Waals surface area contributed by atoms with Crippen molar-refractivity contribution in [2.24, 2.45) is 0 Å². The molecular weight excluding hydrogens is 264 g/mol. The Morgan fingerprint density at radius 1 is 1.05 bits per heavy atom. The third-order valence-electron chi connectivity index (χ3n) is 3.41. The fourth-order valence-corrected chi connectivity index (χ4v) is 3.63. The highest BCUT2D eigenvalue weighted by molar-refractivity contribution is 7.09. The molecule has 0 aliphatic rings. The fraction of sp³-hybridized carbons (Fsp3) is 0.471. The molecule has 0 radical (unpaired) electrons. The quantitative estimate of drug-likeness (QED) is 0.898. The largest absolute Gasteiger partial charge is 0.302 e. The summed E-state index contributed by atoms with van der Waals surface area (Å²) in [4.78, 5) is 4.70. The first-order chi connectivity index (χ1) is 9.38. The number of thiazole rings is 1. The highest BCUT2D eigenvalue weighted by atomic mass is 32.1. The average molecular weight is 288 g/mol. The Bertz CT molecular complexity index is 576. The van der Waals surface area contributed by atoms with Crippen molar-refractivity contribution < 1.29 is 0 Å². The number of aromatic nitrogens is 1. The van der Waals surface area contributed by atoms with E-state index in [4.69, 9.17) is 4.98 Å². The van der Waals surface area contributed by atoms with Crippen molar-refractivity contribution in [2.45, 2.75) is 53.6 Å². The monoisotopic (exact) mass is 288 g/mol. The number of nitrogens with one attached hydrogen (secondary N) is 1. The minimum atomic E-state index is 0.189. The average Bonchev–Trinajstić information content (AvgIpc) is 2.72. The summed E-state index contributed by atoms with van der Waals surface area (Å²) in [6.45, 7) is 13.0. The van der Waals surface area contributed by atoms with Crippen molar-refractivity contribution in [2.75, 3.05) is 0 Å². The van der Waals surface area contributed by atoms with Crippen LogP contribution in [0.5, 0.6) is 0 Å². The van der Waals surface area contributed by atoms with Crippen molar-refractivity contribution in [1.29, 1.82) is 0 Å². The van der Waals surface area contributed by atoms with Gasteiger partial charge in [0, 0.05) is 17.1 Å². The van der Waals surface area contributed by atoms with Crippen molar-refractivity contribution >= 4 is 11.3 Å². The highest BCUT2D eigenvalue weighted by Gasteiger charge is 2.22. The lowest BCUT2D eigenvalue weighted by molar-refractivity contribution is 0.523. The smallest absolute Gasteiger partial charge is 0.114 e. The van der Waals surface area contributed by atoms with Gasteiger partial charge in [0.1, 0.15) is 5.01 Å². The summed E-state index contributed by atoms with van der Waals surface area (Å²) in [6.07, 6.45) is 0. The van der Waals surface area contributed by atoms with E-state index in [1.54, 1.807) is 11.3 Å². The van der Waals surface area contributed by atoms with E-state index in [1.165, 1.54) is 22.3 Å². The molecule has 3 heteroatoms. The Balaban J connectivity index is 2.52. The third kappa shape index (κ3) is 3.28. The van der Waals surface area contributed by atoms with Gasteiger partial charge in [-0.1, -0.05) is 17.7 Å². The Kier molecular flexibility index (Phi) is 4.61. The number of rotatable bonds is 4. The molecule has 2 rings (SSSR count). The van der Waals surface area contributed by atoms with Gasteiger partial charge in [-0.25, -0.2) is 4.98 Å². The second kappa shape index (κ2) is 6.06. The Morgan fingerprint density at radius 2 is 1.65 bits per heavy atom. The molecule has 0 amide bonds. The minimum absolute atomic E-state index is 0.189. The maximum Gasteiger partial charge on any atom is 0.114 e. The van der Waals surface area contributed by atoms with Crippen LogP contribution in [-0.2, 0) is 0 Å². The van der Waals surface area contributed by atoms with Gasteiger partial charge in [0.25, 0.3) is 0 Å². The molecular formula is C17H24N2S. The van der Waals surface area contributed by atoms with Crippen LogP contribution in [0.1, 0.15) is 52.8 Å². The van der Waals surface area contributed by atoms with Crippen LogP contribution < -0.4 is 5.32 Å². The molecule has 1 aromatic heterocycles. The Hall–Kier alpha value is -1.19. The van der Waals surface area contributed by atoms with Gasteiger partial charge in [-0.3, -0.25) is 0 Å². The lowest BCUT2D eigenvalue weighted by Gasteiger charge is -2.24. The molecule has 108 valence electrons. The van der Waals surface area contributed by atoms with E-state index in [1.807, 2.05) is 0 Å². The summed E-state index contributed by atoms with van der Waals surface area (Å²) in [7, 11) is 0. The summed E-state index contributed by atoms with van der Waals surface area (Å²) in [5.41, 5.74) is 6.48. The maximum absolute atomic E-state index is 4.70. The van der Waals surface area contributed by atoms with Gasteiger partial charge in [-0.2, -0.15) is 0 Å². The Morgan fingerprint density at radius 3 is 2.10 bits per heavy atom. The van der Waals surface area contributed by atoms with Gasteiger partial charge < -0.3 is 5.32 Å². The normalized spacial score (nSPS) is 12.9. The first kappa shape index (κ1) is 15.2. The van der Waals surface area contributed by atoms with E-state index < -0.39 is 0 Å². The second-order valence-electron chi connectivity index (χ2n) is 5.89. The lowest BCUT2D eigenvalue weighted by atomic mass is 9.94. The molecule has 2 aromatic rings. The summed E-state index contributed by atoms with van der Waals surface area (Å²) >= 11 is 1.74. The van der Waals surface area contributed by atoms with E-state index in [9.17, 15) is 0 Å². The molecule has 20 heavy (non-hydrogen) atoms. The van der Waals surface area contributed by atoms with Crippen LogP contribution >= 0.6 is 11.3 Å². The lowest BCUT2D eigenvalue weighted by Crippen LogP contribution is -2.30. The zero-order valence-electron chi connectivity index (χ0n) is 13.2. The predicted octanol–water partition coefficient (Wildman–Crippen LogP) is 4.46. The molecule has 0 fully saturated rings. The molecule has 1 atom stereocenters. The third-order valence-corrected chi connectivity index (χ3v) is 4.44. The van der Waals surface area contributed by atoms with Crippen molar-refractivity contribution in [3.63, 3.8) is 0 Å². The van der Waals surface area contributed by atoms with Gasteiger partial charge in [0.05, 0.1) is 6.04 Å². The van der Waals surface area contributed by atoms with E-state index >= 15 is 0 Å². The maximum atomic E-state index is 4.70. The summed E-state index contributed by atoms with van der Waals surface area (Å²) in [5.74, 6) is 0. The predicted molar refractivity (Wildman–Crippen MR) is 87.6 cm³/mol. The zero-order valence-corrected chi connectivity index (χ0v) is 14.1. The van der Waals surface area contributed by atoms with Crippen LogP contribution in [0.2, 0.25) is 0 Å². The molecule has 1 N–H and O–H groups in total. The van der Waals surface area contributed by atoms with Crippen LogP contribution in [0.25, 0.3) is 0 Å². The van der Waals surface area contributed by atoms with Gasteiger partial charge >= 0.3 is 0 Å². The number of hydrogen-bond acceptors (Lipinski definition) is 3. The molecule has 1 heterocycles. The van der Waals surface area contributed by atoms with E-state index in [2.05, 4.69) is 64.4 Å². The van der Waals surface area contributed by atoms with Gasteiger partial charge in [-0.05, 0) is 58.2 Å². The first-order valence-electron chi connectivity index (χ1n) is 7.14. The van der Waals surface area contributed by atoms with Gasteiger partial charge in [0.15, 0.2) is 0 Å². The van der Waals surface area contributed by atoms with E-state index in [0.29, 0.717) is 6.04 Å². The molecule has 0 bridgehead atoms. The molecule has 0 aliphatic carbocycles.